The highest BCUT2D eigenvalue weighted by Gasteiger charge is 2.22. The third-order valence-corrected chi connectivity index (χ3v) is 5.81. The molecule has 1 saturated heterocycles. The summed E-state index contributed by atoms with van der Waals surface area (Å²) in [7, 11) is 0. The van der Waals surface area contributed by atoms with E-state index in [2.05, 4.69) is 15.3 Å². The van der Waals surface area contributed by atoms with Crippen LogP contribution in [0, 0.1) is 0 Å². The van der Waals surface area contributed by atoms with Crippen LogP contribution in [0.3, 0.4) is 0 Å². The number of fused-ring (bicyclic) bond motifs is 1. The fourth-order valence-electron chi connectivity index (χ4n) is 2.16. The lowest BCUT2D eigenvalue weighted by molar-refractivity contribution is 0.778. The molecule has 2 aliphatic rings. The van der Waals surface area contributed by atoms with Gasteiger partial charge in [-0.15, -0.1) is 11.8 Å². The van der Waals surface area contributed by atoms with Gasteiger partial charge in [0.25, 0.3) is 5.56 Å². The molecule has 2 N–H and O–H groups in total. The lowest BCUT2D eigenvalue weighted by atomic mass is 10.1. The topological polar surface area (TPSA) is 57.8 Å². The minimum atomic E-state index is 0.0494. The quantitative estimate of drug-likeness (QED) is 0.812. The summed E-state index contributed by atoms with van der Waals surface area (Å²) in [5.41, 5.74) is 0.877. The van der Waals surface area contributed by atoms with Gasteiger partial charge < -0.3 is 10.3 Å². The zero-order valence-corrected chi connectivity index (χ0v) is 11.1. The Morgan fingerprint density at radius 2 is 2.29 bits per heavy atom. The van der Waals surface area contributed by atoms with E-state index in [0.29, 0.717) is 5.25 Å². The van der Waals surface area contributed by atoms with Gasteiger partial charge in [0, 0.05) is 23.8 Å². The van der Waals surface area contributed by atoms with Crippen LogP contribution in [0.2, 0.25) is 0 Å². The molecule has 0 saturated carbocycles. The number of hydrogen-bond donors (Lipinski definition) is 2. The van der Waals surface area contributed by atoms with Crippen LogP contribution >= 0.6 is 23.5 Å². The first-order chi connectivity index (χ1) is 8.34. The van der Waals surface area contributed by atoms with Crippen LogP contribution in [0.4, 0.5) is 5.82 Å². The number of aromatic amines is 1. The van der Waals surface area contributed by atoms with Crippen molar-refractivity contribution in [2.45, 2.75) is 18.1 Å². The molecule has 0 aliphatic carbocycles. The van der Waals surface area contributed by atoms with Crippen LogP contribution in [0.25, 0.3) is 0 Å². The van der Waals surface area contributed by atoms with Crippen molar-refractivity contribution in [3.63, 3.8) is 0 Å². The molecule has 1 aromatic heterocycles. The van der Waals surface area contributed by atoms with Crippen molar-refractivity contribution >= 4 is 29.3 Å². The summed E-state index contributed by atoms with van der Waals surface area (Å²) in [6, 6.07) is 0. The molecule has 0 spiro atoms. The highest BCUT2D eigenvalue weighted by atomic mass is 32.2. The maximum absolute atomic E-state index is 12.0. The van der Waals surface area contributed by atoms with E-state index in [0.717, 1.165) is 48.1 Å². The molecule has 3 rings (SSSR count). The van der Waals surface area contributed by atoms with Crippen LogP contribution in [-0.2, 0) is 6.42 Å². The molecule has 1 atom stereocenters. The Bertz CT molecular complexity index is 468. The van der Waals surface area contributed by atoms with Gasteiger partial charge >= 0.3 is 0 Å². The van der Waals surface area contributed by atoms with Crippen LogP contribution in [-0.4, -0.2) is 33.8 Å². The first-order valence-corrected chi connectivity index (χ1v) is 8.11. The Morgan fingerprint density at radius 1 is 1.35 bits per heavy atom. The summed E-state index contributed by atoms with van der Waals surface area (Å²) in [5, 5.41) is 3.58. The first-order valence-electron chi connectivity index (χ1n) is 5.91. The van der Waals surface area contributed by atoms with E-state index >= 15 is 0 Å². The maximum Gasteiger partial charge on any atom is 0.256 e. The van der Waals surface area contributed by atoms with Crippen LogP contribution in [0.5, 0.6) is 0 Å². The largest absolute Gasteiger partial charge is 0.370 e. The Morgan fingerprint density at radius 3 is 3.12 bits per heavy atom. The molecule has 0 bridgehead atoms. The summed E-state index contributed by atoms with van der Waals surface area (Å²) in [6.45, 7) is 0.926. The molecule has 17 heavy (non-hydrogen) atoms. The van der Waals surface area contributed by atoms with Gasteiger partial charge in [0.2, 0.25) is 0 Å². The molecule has 2 aliphatic heterocycles. The maximum atomic E-state index is 12.0. The molecule has 0 aromatic carbocycles. The van der Waals surface area contributed by atoms with E-state index in [4.69, 9.17) is 0 Å². The van der Waals surface area contributed by atoms with Crippen molar-refractivity contribution in [3.8, 4) is 0 Å². The Labute approximate surface area is 108 Å². The molecule has 0 radical (unpaired) electrons. The molecule has 6 heteroatoms. The van der Waals surface area contributed by atoms with Gasteiger partial charge in [0.05, 0.1) is 10.8 Å². The SMILES string of the molecule is O=c1[nH]c(C2CSCCS2)nc2c1CCCN2. The second-order valence-electron chi connectivity index (χ2n) is 4.24. The van der Waals surface area contributed by atoms with Crippen molar-refractivity contribution in [2.24, 2.45) is 0 Å². The van der Waals surface area contributed by atoms with Gasteiger partial charge in [-0.2, -0.15) is 11.8 Å². The van der Waals surface area contributed by atoms with Crippen molar-refractivity contribution in [3.05, 3.63) is 21.7 Å². The van der Waals surface area contributed by atoms with Crippen molar-refractivity contribution in [2.75, 3.05) is 29.1 Å². The van der Waals surface area contributed by atoms with Crippen LogP contribution in [0.1, 0.15) is 23.1 Å². The predicted molar refractivity (Wildman–Crippen MR) is 74.2 cm³/mol. The molecule has 92 valence electrons. The molecule has 1 unspecified atom stereocenters. The molecule has 0 amide bonds. The molecule has 4 nitrogen and oxygen atoms in total. The number of rotatable bonds is 1. The summed E-state index contributed by atoms with van der Waals surface area (Å²) in [4.78, 5) is 19.5. The summed E-state index contributed by atoms with van der Waals surface area (Å²) < 4.78 is 0. The monoisotopic (exact) mass is 269 g/mol. The molecular formula is C11H15N3OS2. The second-order valence-corrected chi connectivity index (χ2v) is 6.70. The van der Waals surface area contributed by atoms with Gasteiger partial charge in [0.15, 0.2) is 0 Å². The van der Waals surface area contributed by atoms with E-state index in [1.54, 1.807) is 0 Å². The van der Waals surface area contributed by atoms with Gasteiger partial charge in [-0.05, 0) is 12.8 Å². The lowest BCUT2D eigenvalue weighted by Gasteiger charge is -2.22. The number of H-pyrrole nitrogens is 1. The van der Waals surface area contributed by atoms with Gasteiger partial charge in [-0.3, -0.25) is 4.79 Å². The standard InChI is InChI=1S/C11H15N3OS2/c15-11-7-2-1-3-12-9(7)13-10(14-11)8-6-16-4-5-17-8/h8H,1-6H2,(H2,12,13,14,15). The third kappa shape index (κ3) is 2.33. The first kappa shape index (κ1) is 11.5. The highest BCUT2D eigenvalue weighted by Crippen LogP contribution is 2.35. The van der Waals surface area contributed by atoms with E-state index in [9.17, 15) is 4.79 Å². The number of anilines is 1. The van der Waals surface area contributed by atoms with Gasteiger partial charge in [0.1, 0.15) is 11.6 Å². The minimum absolute atomic E-state index is 0.0494. The van der Waals surface area contributed by atoms with E-state index in [-0.39, 0.29) is 5.56 Å². The average Bonchev–Trinajstić information content (AvgIpc) is 2.40. The summed E-state index contributed by atoms with van der Waals surface area (Å²) in [6.07, 6.45) is 1.86. The van der Waals surface area contributed by atoms with Crippen molar-refractivity contribution in [1.82, 2.24) is 9.97 Å². The zero-order valence-electron chi connectivity index (χ0n) is 9.49. The van der Waals surface area contributed by atoms with Gasteiger partial charge in [-0.1, -0.05) is 0 Å². The van der Waals surface area contributed by atoms with Crippen molar-refractivity contribution in [1.29, 1.82) is 0 Å². The van der Waals surface area contributed by atoms with E-state index in [1.807, 2.05) is 23.5 Å². The molecule has 1 aromatic rings. The third-order valence-electron chi connectivity index (χ3n) is 3.05. The Kier molecular flexibility index (Phi) is 3.33. The fourth-order valence-corrected chi connectivity index (χ4v) is 4.79. The minimum Gasteiger partial charge on any atom is -0.370 e. The number of thioether (sulfide) groups is 2. The average molecular weight is 269 g/mol. The zero-order chi connectivity index (χ0) is 11.7. The Balaban J connectivity index is 1.95. The summed E-state index contributed by atoms with van der Waals surface area (Å²) >= 11 is 3.83. The molecule has 1 fully saturated rings. The summed E-state index contributed by atoms with van der Waals surface area (Å²) in [5.74, 6) is 5.05. The number of nitrogens with one attached hydrogen (secondary N) is 2. The van der Waals surface area contributed by atoms with Crippen LogP contribution in [0.15, 0.2) is 4.79 Å². The van der Waals surface area contributed by atoms with Gasteiger partial charge in [-0.25, -0.2) is 4.98 Å². The second kappa shape index (κ2) is 4.94. The normalized spacial score (nSPS) is 23.9. The highest BCUT2D eigenvalue weighted by molar-refractivity contribution is 8.06. The smallest absolute Gasteiger partial charge is 0.256 e. The van der Waals surface area contributed by atoms with Crippen molar-refractivity contribution < 1.29 is 0 Å². The van der Waals surface area contributed by atoms with Crippen LogP contribution < -0.4 is 10.9 Å². The van der Waals surface area contributed by atoms with E-state index < -0.39 is 0 Å². The number of hydrogen-bond acceptors (Lipinski definition) is 5. The molecule has 3 heterocycles. The fraction of sp³-hybridized carbons (Fsp3) is 0.636. The number of nitrogens with zero attached hydrogens (tertiary/aromatic N) is 1. The number of aromatic nitrogens is 2. The Hall–Kier alpha value is -0.620. The van der Waals surface area contributed by atoms with E-state index in [1.165, 1.54) is 5.75 Å². The predicted octanol–water partition coefficient (Wildman–Crippen LogP) is 1.65. The lowest BCUT2D eigenvalue weighted by Crippen LogP contribution is -2.26. The molecular weight excluding hydrogens is 254 g/mol.